The third kappa shape index (κ3) is 2.70. The van der Waals surface area contributed by atoms with Gasteiger partial charge in [-0.05, 0) is 16.7 Å². The Hall–Kier alpha value is -2.04. The van der Waals surface area contributed by atoms with Crippen molar-refractivity contribution in [1.82, 2.24) is 4.98 Å². The van der Waals surface area contributed by atoms with Gasteiger partial charge in [0.05, 0.1) is 0 Å². The van der Waals surface area contributed by atoms with Crippen LogP contribution in [0.5, 0.6) is 0 Å². The molecule has 0 radical (unpaired) electrons. The van der Waals surface area contributed by atoms with E-state index in [1.54, 1.807) is 24.3 Å². The van der Waals surface area contributed by atoms with Crippen molar-refractivity contribution >= 4 is 11.1 Å². The van der Waals surface area contributed by atoms with Crippen molar-refractivity contribution in [2.75, 3.05) is 13.3 Å². The van der Waals surface area contributed by atoms with Crippen LogP contribution < -0.4 is 0 Å². The molecule has 2 aromatic rings. The second kappa shape index (κ2) is 6.22. The fourth-order valence-corrected chi connectivity index (χ4v) is 1.91. The molecule has 0 aliphatic rings. The van der Waals surface area contributed by atoms with Gasteiger partial charge < -0.3 is 4.42 Å². The third-order valence-corrected chi connectivity index (χ3v) is 2.86. The lowest BCUT2D eigenvalue weighted by molar-refractivity contribution is 0.484. The van der Waals surface area contributed by atoms with E-state index in [-0.39, 0.29) is 16.8 Å². The molecule has 0 amide bonds. The molecule has 0 saturated carbocycles. The van der Waals surface area contributed by atoms with Gasteiger partial charge in [-0.15, -0.1) is 0 Å². The largest absolute Gasteiger partial charge is 0.451 e. The molecule has 0 atom stereocenters. The second-order valence-corrected chi connectivity index (χ2v) is 3.89. The normalized spacial score (nSPS) is 12.4. The summed E-state index contributed by atoms with van der Waals surface area (Å²) in [5.74, 6) is 0. The highest BCUT2D eigenvalue weighted by molar-refractivity contribution is 5.91. The van der Waals surface area contributed by atoms with Gasteiger partial charge in [0.25, 0.3) is 0 Å². The van der Waals surface area contributed by atoms with Crippen LogP contribution in [0.1, 0.15) is 16.8 Å². The van der Waals surface area contributed by atoms with E-state index in [2.05, 4.69) is 4.98 Å². The quantitative estimate of drug-likeness (QED) is 0.818. The molecule has 1 heterocycles. The van der Waals surface area contributed by atoms with E-state index in [0.717, 1.165) is 6.39 Å². The van der Waals surface area contributed by atoms with Crippen LogP contribution in [0.15, 0.2) is 41.3 Å². The average molecular weight is 267 g/mol. The molecule has 19 heavy (non-hydrogen) atoms. The number of nitrogens with zero attached hydrogens (tertiary/aromatic N) is 1. The van der Waals surface area contributed by atoms with Gasteiger partial charge in [0.2, 0.25) is 0 Å². The van der Waals surface area contributed by atoms with E-state index in [4.69, 9.17) is 4.42 Å². The summed E-state index contributed by atoms with van der Waals surface area (Å²) in [5, 5.41) is 0. The summed E-state index contributed by atoms with van der Waals surface area (Å²) in [6, 6.07) is 6.42. The van der Waals surface area contributed by atoms with E-state index in [1.807, 2.05) is 0 Å². The Morgan fingerprint density at radius 1 is 1.05 bits per heavy atom. The molecular weight excluding hydrogens is 255 g/mol. The number of hydrogen-bond acceptors (Lipinski definition) is 2. The molecule has 0 unspecified atom stereocenters. The van der Waals surface area contributed by atoms with E-state index in [9.17, 15) is 13.2 Å². The van der Waals surface area contributed by atoms with Crippen LogP contribution in [0.2, 0.25) is 0 Å². The zero-order valence-electron chi connectivity index (χ0n) is 10.1. The Kier molecular flexibility index (Phi) is 4.39. The van der Waals surface area contributed by atoms with Crippen LogP contribution in [0.4, 0.5) is 13.2 Å². The standard InChI is InChI=1S/C14H12F3NO/c15-5-10-3-1-2-4-11(10)12(6-16)13(7-17)14-8-19-9-18-14/h1-4,8-9H,5-7H2. The highest BCUT2D eigenvalue weighted by Crippen LogP contribution is 2.29. The van der Waals surface area contributed by atoms with Crippen LogP contribution in [-0.4, -0.2) is 18.3 Å². The molecular formula is C14H12F3NO. The van der Waals surface area contributed by atoms with E-state index in [0.29, 0.717) is 11.1 Å². The van der Waals surface area contributed by atoms with Crippen molar-refractivity contribution in [3.63, 3.8) is 0 Å². The zero-order valence-corrected chi connectivity index (χ0v) is 10.1. The Morgan fingerprint density at radius 2 is 1.79 bits per heavy atom. The molecule has 0 N–H and O–H groups in total. The summed E-state index contributed by atoms with van der Waals surface area (Å²) in [7, 11) is 0. The van der Waals surface area contributed by atoms with Crippen molar-refractivity contribution in [2.45, 2.75) is 6.67 Å². The Bertz CT molecular complexity index is 564. The predicted molar refractivity (Wildman–Crippen MR) is 66.5 cm³/mol. The molecule has 100 valence electrons. The molecule has 0 aliphatic carbocycles. The van der Waals surface area contributed by atoms with E-state index < -0.39 is 20.0 Å². The number of rotatable bonds is 5. The summed E-state index contributed by atoms with van der Waals surface area (Å²) in [4.78, 5) is 3.81. The number of allylic oxidation sites excluding steroid dienone is 2. The molecule has 2 rings (SSSR count). The second-order valence-electron chi connectivity index (χ2n) is 3.89. The van der Waals surface area contributed by atoms with Crippen LogP contribution in [0.3, 0.4) is 0 Å². The first kappa shape index (κ1) is 13.4. The first-order chi connectivity index (χ1) is 9.31. The monoisotopic (exact) mass is 267 g/mol. The fourth-order valence-electron chi connectivity index (χ4n) is 1.91. The van der Waals surface area contributed by atoms with Gasteiger partial charge >= 0.3 is 0 Å². The highest BCUT2D eigenvalue weighted by atomic mass is 19.1. The highest BCUT2D eigenvalue weighted by Gasteiger charge is 2.16. The summed E-state index contributed by atoms with van der Waals surface area (Å²) >= 11 is 0. The number of oxazole rings is 1. The minimum absolute atomic E-state index is 0.0807. The number of alkyl halides is 3. The molecule has 0 fully saturated rings. The number of aromatic nitrogens is 1. The van der Waals surface area contributed by atoms with Gasteiger partial charge in [0, 0.05) is 5.57 Å². The molecule has 1 aromatic heterocycles. The Balaban J connectivity index is 2.59. The summed E-state index contributed by atoms with van der Waals surface area (Å²) in [6.45, 7) is -2.53. The average Bonchev–Trinajstić information content (AvgIpc) is 2.98. The molecule has 0 aliphatic heterocycles. The van der Waals surface area contributed by atoms with Crippen molar-refractivity contribution in [1.29, 1.82) is 0 Å². The number of benzene rings is 1. The minimum atomic E-state index is -0.900. The molecule has 0 bridgehead atoms. The van der Waals surface area contributed by atoms with Gasteiger partial charge in [-0.3, -0.25) is 0 Å². The summed E-state index contributed by atoms with van der Waals surface area (Å²) in [5.41, 5.74) is 1.10. The van der Waals surface area contributed by atoms with Crippen molar-refractivity contribution in [2.24, 2.45) is 0 Å². The van der Waals surface area contributed by atoms with Gasteiger partial charge in [-0.25, -0.2) is 18.2 Å². The lowest BCUT2D eigenvalue weighted by Gasteiger charge is -2.11. The van der Waals surface area contributed by atoms with Crippen LogP contribution in [0, 0.1) is 0 Å². The lowest BCUT2D eigenvalue weighted by Crippen LogP contribution is -2.00. The maximum atomic E-state index is 13.3. The first-order valence-corrected chi connectivity index (χ1v) is 5.68. The number of halogens is 3. The SMILES string of the molecule is FCC(=C(CF)c1ccccc1CF)c1cocn1. The van der Waals surface area contributed by atoms with Crippen LogP contribution in [-0.2, 0) is 6.67 Å². The van der Waals surface area contributed by atoms with Crippen LogP contribution in [0.25, 0.3) is 11.1 Å². The zero-order chi connectivity index (χ0) is 13.7. The molecule has 0 saturated heterocycles. The molecule has 1 aromatic carbocycles. The fraction of sp³-hybridized carbons (Fsp3) is 0.214. The minimum Gasteiger partial charge on any atom is -0.451 e. The maximum Gasteiger partial charge on any atom is 0.181 e. The predicted octanol–water partition coefficient (Wildman–Crippen LogP) is 3.99. The van der Waals surface area contributed by atoms with E-state index >= 15 is 0 Å². The summed E-state index contributed by atoms with van der Waals surface area (Å²) in [6.07, 6.45) is 2.38. The maximum absolute atomic E-state index is 13.3. The smallest absolute Gasteiger partial charge is 0.181 e. The third-order valence-electron chi connectivity index (χ3n) is 2.86. The topological polar surface area (TPSA) is 26.0 Å². The van der Waals surface area contributed by atoms with Crippen molar-refractivity contribution < 1.29 is 17.6 Å². The van der Waals surface area contributed by atoms with Crippen LogP contribution >= 0.6 is 0 Å². The van der Waals surface area contributed by atoms with Crippen molar-refractivity contribution in [3.05, 3.63) is 53.7 Å². The van der Waals surface area contributed by atoms with Gasteiger partial charge in [0.15, 0.2) is 6.39 Å². The Labute approximate surface area is 108 Å². The van der Waals surface area contributed by atoms with Gasteiger partial charge in [-0.1, -0.05) is 24.3 Å². The molecule has 0 spiro atoms. The first-order valence-electron chi connectivity index (χ1n) is 5.68. The van der Waals surface area contributed by atoms with Gasteiger partial charge in [-0.2, -0.15) is 0 Å². The van der Waals surface area contributed by atoms with Crippen molar-refractivity contribution in [3.8, 4) is 0 Å². The number of hydrogen-bond donors (Lipinski definition) is 0. The van der Waals surface area contributed by atoms with E-state index in [1.165, 1.54) is 6.26 Å². The van der Waals surface area contributed by atoms with Gasteiger partial charge in [0.1, 0.15) is 32.0 Å². The Morgan fingerprint density at radius 3 is 2.37 bits per heavy atom. The molecule has 5 heteroatoms. The summed E-state index contributed by atoms with van der Waals surface area (Å²) < 4.78 is 44.2. The lowest BCUT2D eigenvalue weighted by atomic mass is 9.96. The molecule has 2 nitrogen and oxygen atoms in total.